The van der Waals surface area contributed by atoms with E-state index in [1.165, 1.54) is 0 Å². The maximum absolute atomic E-state index is 12.2. The zero-order valence-electron chi connectivity index (χ0n) is 13.0. The first-order valence-electron chi connectivity index (χ1n) is 7.60. The minimum atomic E-state index is -0.214. The molecule has 1 aliphatic rings. The largest absolute Gasteiger partial charge is 0.497 e. The predicted molar refractivity (Wildman–Crippen MR) is 84.4 cm³/mol. The Morgan fingerprint density at radius 3 is 3.13 bits per heavy atom. The lowest BCUT2D eigenvalue weighted by Gasteiger charge is -2.15. The molecule has 0 saturated heterocycles. The van der Waals surface area contributed by atoms with Crippen molar-refractivity contribution < 1.29 is 14.3 Å². The van der Waals surface area contributed by atoms with Crippen LogP contribution in [0, 0.1) is 0 Å². The van der Waals surface area contributed by atoms with E-state index in [4.69, 9.17) is 9.47 Å². The molecule has 0 fully saturated rings. The number of carbonyl (C=O) groups excluding carboxylic acids is 1. The third-order valence-electron chi connectivity index (χ3n) is 3.77. The summed E-state index contributed by atoms with van der Waals surface area (Å²) in [6.45, 7) is 1.68. The highest BCUT2D eigenvalue weighted by molar-refractivity contribution is 5.92. The van der Waals surface area contributed by atoms with Crippen LogP contribution in [0.5, 0.6) is 5.75 Å². The van der Waals surface area contributed by atoms with Crippen molar-refractivity contribution in [3.05, 3.63) is 52.8 Å². The Bertz CT molecular complexity index is 703. The summed E-state index contributed by atoms with van der Waals surface area (Å²) in [5.74, 6) is 0.600. The van der Waals surface area contributed by atoms with Crippen molar-refractivity contribution in [2.45, 2.75) is 19.4 Å². The molecule has 1 amide bonds. The molecule has 23 heavy (non-hydrogen) atoms. The molecule has 2 heterocycles. The molecule has 0 spiro atoms. The van der Waals surface area contributed by atoms with Crippen LogP contribution in [0.25, 0.3) is 0 Å². The van der Waals surface area contributed by atoms with Gasteiger partial charge in [0.05, 0.1) is 26.0 Å². The molecule has 6 nitrogen and oxygen atoms in total. The smallest absolute Gasteiger partial charge is 0.271 e. The number of nitrogens with one attached hydrogen (secondary N) is 1. The van der Waals surface area contributed by atoms with Crippen LogP contribution >= 0.6 is 0 Å². The van der Waals surface area contributed by atoms with Crippen molar-refractivity contribution >= 4 is 5.91 Å². The number of benzene rings is 1. The summed E-state index contributed by atoms with van der Waals surface area (Å²) >= 11 is 0. The van der Waals surface area contributed by atoms with Gasteiger partial charge in [0.15, 0.2) is 5.69 Å². The molecule has 1 aromatic heterocycles. The Morgan fingerprint density at radius 1 is 1.35 bits per heavy atom. The minimum absolute atomic E-state index is 0.214. The molecule has 120 valence electrons. The van der Waals surface area contributed by atoms with E-state index < -0.39 is 0 Å². The molecule has 0 aliphatic carbocycles. The van der Waals surface area contributed by atoms with Gasteiger partial charge in [0.25, 0.3) is 5.91 Å². The molecule has 3 rings (SSSR count). The van der Waals surface area contributed by atoms with Crippen molar-refractivity contribution in [2.24, 2.45) is 0 Å². The first-order valence-corrected chi connectivity index (χ1v) is 7.60. The maximum Gasteiger partial charge on any atom is 0.271 e. The summed E-state index contributed by atoms with van der Waals surface area (Å²) in [7, 11) is 1.64. The average molecular weight is 313 g/mol. The Kier molecular flexibility index (Phi) is 4.83. The Balaban J connectivity index is 1.57. The average Bonchev–Trinajstić information content (AvgIpc) is 2.61. The summed E-state index contributed by atoms with van der Waals surface area (Å²) in [5.41, 5.74) is 3.31. The van der Waals surface area contributed by atoms with E-state index in [-0.39, 0.29) is 5.91 Å². The second kappa shape index (κ2) is 7.19. The summed E-state index contributed by atoms with van der Waals surface area (Å²) in [6, 6.07) is 9.56. The number of ether oxygens (including phenoxy) is 2. The number of carbonyl (C=O) groups is 1. The van der Waals surface area contributed by atoms with Gasteiger partial charge in [-0.05, 0) is 30.2 Å². The van der Waals surface area contributed by atoms with Crippen LogP contribution in [0.4, 0.5) is 0 Å². The van der Waals surface area contributed by atoms with Crippen LogP contribution in [-0.4, -0.2) is 36.4 Å². The SMILES string of the molecule is COc1cccc(CCNC(=O)c2cc3c(nn2)CCOC3)c1. The Labute approximate surface area is 134 Å². The zero-order chi connectivity index (χ0) is 16.1. The monoisotopic (exact) mass is 313 g/mol. The van der Waals surface area contributed by atoms with Gasteiger partial charge in [-0.2, -0.15) is 5.10 Å². The lowest BCUT2D eigenvalue weighted by atomic mass is 10.1. The topological polar surface area (TPSA) is 73.3 Å². The Hall–Kier alpha value is -2.47. The molecule has 1 aliphatic heterocycles. The van der Waals surface area contributed by atoms with E-state index in [0.717, 1.165) is 35.4 Å². The van der Waals surface area contributed by atoms with E-state index in [1.807, 2.05) is 24.3 Å². The van der Waals surface area contributed by atoms with Crippen molar-refractivity contribution in [1.29, 1.82) is 0 Å². The van der Waals surface area contributed by atoms with Gasteiger partial charge in [-0.3, -0.25) is 4.79 Å². The highest BCUT2D eigenvalue weighted by Crippen LogP contribution is 2.14. The standard InChI is InChI=1S/C17H19N3O3/c1-22-14-4-2-3-12(9-14)5-7-18-17(21)16-10-13-11-23-8-6-15(13)19-20-16/h2-4,9-10H,5-8,11H2,1H3,(H,18,21). The number of hydrogen-bond acceptors (Lipinski definition) is 5. The van der Waals surface area contributed by atoms with Gasteiger partial charge >= 0.3 is 0 Å². The fourth-order valence-corrected chi connectivity index (χ4v) is 2.49. The predicted octanol–water partition coefficient (Wildman–Crippen LogP) is 1.53. The fourth-order valence-electron chi connectivity index (χ4n) is 2.49. The van der Waals surface area contributed by atoms with E-state index in [2.05, 4.69) is 15.5 Å². The van der Waals surface area contributed by atoms with Crippen LogP contribution in [-0.2, 0) is 24.2 Å². The summed E-state index contributed by atoms with van der Waals surface area (Å²) < 4.78 is 10.6. The molecule has 0 saturated carbocycles. The van der Waals surface area contributed by atoms with Crippen molar-refractivity contribution in [3.8, 4) is 5.75 Å². The zero-order valence-corrected chi connectivity index (χ0v) is 13.0. The molecule has 0 bridgehead atoms. The molecular weight excluding hydrogens is 294 g/mol. The van der Waals surface area contributed by atoms with Crippen LogP contribution < -0.4 is 10.1 Å². The summed E-state index contributed by atoms with van der Waals surface area (Å²) in [5, 5.41) is 11.0. The summed E-state index contributed by atoms with van der Waals surface area (Å²) in [6.07, 6.45) is 1.48. The number of rotatable bonds is 5. The number of aromatic nitrogens is 2. The van der Waals surface area contributed by atoms with Gasteiger partial charge in [0.2, 0.25) is 0 Å². The number of hydrogen-bond donors (Lipinski definition) is 1. The van der Waals surface area contributed by atoms with E-state index in [1.54, 1.807) is 13.2 Å². The highest BCUT2D eigenvalue weighted by Gasteiger charge is 2.15. The number of methoxy groups -OCH3 is 1. The molecule has 6 heteroatoms. The lowest BCUT2D eigenvalue weighted by Crippen LogP contribution is -2.27. The third-order valence-corrected chi connectivity index (χ3v) is 3.77. The second-order valence-electron chi connectivity index (χ2n) is 5.36. The minimum Gasteiger partial charge on any atom is -0.497 e. The van der Waals surface area contributed by atoms with Gasteiger partial charge in [0.1, 0.15) is 5.75 Å². The Morgan fingerprint density at radius 2 is 2.26 bits per heavy atom. The van der Waals surface area contributed by atoms with Crippen molar-refractivity contribution in [1.82, 2.24) is 15.5 Å². The van der Waals surface area contributed by atoms with E-state index in [0.29, 0.717) is 25.5 Å². The molecule has 1 aromatic carbocycles. The quantitative estimate of drug-likeness (QED) is 0.906. The molecule has 2 aromatic rings. The van der Waals surface area contributed by atoms with Crippen LogP contribution in [0.2, 0.25) is 0 Å². The highest BCUT2D eigenvalue weighted by atomic mass is 16.5. The van der Waals surface area contributed by atoms with Gasteiger partial charge in [0, 0.05) is 18.5 Å². The van der Waals surface area contributed by atoms with Gasteiger partial charge in [-0.25, -0.2) is 0 Å². The maximum atomic E-state index is 12.2. The van der Waals surface area contributed by atoms with Gasteiger partial charge in [-0.1, -0.05) is 12.1 Å². The van der Waals surface area contributed by atoms with Crippen LogP contribution in [0.1, 0.15) is 27.3 Å². The first kappa shape index (κ1) is 15.4. The number of amides is 1. The van der Waals surface area contributed by atoms with Gasteiger partial charge in [-0.15, -0.1) is 5.10 Å². The van der Waals surface area contributed by atoms with Gasteiger partial charge < -0.3 is 14.8 Å². The van der Waals surface area contributed by atoms with Crippen molar-refractivity contribution in [2.75, 3.05) is 20.3 Å². The van der Waals surface area contributed by atoms with E-state index in [9.17, 15) is 4.79 Å². The molecule has 0 unspecified atom stereocenters. The molecule has 1 N–H and O–H groups in total. The first-order chi connectivity index (χ1) is 11.3. The number of nitrogens with zero attached hydrogens (tertiary/aromatic N) is 2. The molecule has 0 atom stereocenters. The van der Waals surface area contributed by atoms with E-state index >= 15 is 0 Å². The lowest BCUT2D eigenvalue weighted by molar-refractivity contribution is 0.0943. The van der Waals surface area contributed by atoms with Crippen LogP contribution in [0.15, 0.2) is 30.3 Å². The molecule has 0 radical (unpaired) electrons. The van der Waals surface area contributed by atoms with Crippen molar-refractivity contribution in [3.63, 3.8) is 0 Å². The third kappa shape index (κ3) is 3.84. The van der Waals surface area contributed by atoms with Crippen LogP contribution in [0.3, 0.4) is 0 Å². The molecular formula is C17H19N3O3. The normalized spacial score (nSPS) is 13.3. The second-order valence-corrected chi connectivity index (χ2v) is 5.36. The fraction of sp³-hybridized carbons (Fsp3) is 0.353. The summed E-state index contributed by atoms with van der Waals surface area (Å²) in [4.78, 5) is 12.2. The number of fused-ring (bicyclic) bond motifs is 1.